The second kappa shape index (κ2) is 7.79. The molecule has 0 bridgehead atoms. The molecule has 1 atom stereocenters. The van der Waals surface area contributed by atoms with Crippen LogP contribution in [0.2, 0.25) is 0 Å². The quantitative estimate of drug-likeness (QED) is 0.876. The van der Waals surface area contributed by atoms with E-state index >= 15 is 0 Å². The fourth-order valence-electron chi connectivity index (χ4n) is 2.93. The van der Waals surface area contributed by atoms with E-state index in [4.69, 9.17) is 0 Å². The van der Waals surface area contributed by atoms with Crippen LogP contribution in [-0.4, -0.2) is 29.9 Å². The Bertz CT molecular complexity index is 751. The van der Waals surface area contributed by atoms with Crippen molar-refractivity contribution in [2.45, 2.75) is 18.9 Å². The molecule has 130 valence electrons. The molecular formula is C19H20FN3O2. The van der Waals surface area contributed by atoms with Gasteiger partial charge in [0.15, 0.2) is 0 Å². The van der Waals surface area contributed by atoms with Crippen molar-refractivity contribution in [3.63, 3.8) is 0 Å². The first-order valence-corrected chi connectivity index (χ1v) is 8.27. The van der Waals surface area contributed by atoms with Gasteiger partial charge in [-0.1, -0.05) is 36.4 Å². The number of hydrogen-bond donors (Lipinski definition) is 2. The van der Waals surface area contributed by atoms with E-state index in [1.165, 1.54) is 18.2 Å². The highest BCUT2D eigenvalue weighted by Gasteiger charge is 2.25. The maximum absolute atomic E-state index is 13.2. The Kier molecular flexibility index (Phi) is 5.28. The van der Waals surface area contributed by atoms with Crippen LogP contribution in [0.5, 0.6) is 0 Å². The van der Waals surface area contributed by atoms with E-state index in [1.807, 2.05) is 30.3 Å². The van der Waals surface area contributed by atoms with Crippen LogP contribution in [0.4, 0.5) is 14.9 Å². The third-order valence-electron chi connectivity index (χ3n) is 4.16. The first kappa shape index (κ1) is 17.0. The molecule has 0 saturated carbocycles. The minimum Gasteiger partial charge on any atom is -0.340 e. The molecule has 3 amide bonds. The van der Waals surface area contributed by atoms with Gasteiger partial charge >= 0.3 is 6.03 Å². The van der Waals surface area contributed by atoms with E-state index in [0.29, 0.717) is 25.2 Å². The van der Waals surface area contributed by atoms with Crippen molar-refractivity contribution in [3.05, 3.63) is 66.0 Å². The van der Waals surface area contributed by atoms with Gasteiger partial charge in [0.1, 0.15) is 5.82 Å². The minimum absolute atomic E-state index is 0.105. The lowest BCUT2D eigenvalue weighted by atomic mass is 10.1. The summed E-state index contributed by atoms with van der Waals surface area (Å²) in [6, 6.07) is 14.4. The van der Waals surface area contributed by atoms with Crippen LogP contribution in [0.15, 0.2) is 54.6 Å². The molecule has 6 heteroatoms. The summed E-state index contributed by atoms with van der Waals surface area (Å²) in [5, 5.41) is 5.51. The lowest BCUT2D eigenvalue weighted by Gasteiger charge is -2.25. The molecule has 0 spiro atoms. The minimum atomic E-state index is -0.439. The molecule has 3 rings (SSSR count). The zero-order valence-electron chi connectivity index (χ0n) is 13.7. The molecule has 1 saturated heterocycles. The van der Waals surface area contributed by atoms with Gasteiger partial charge in [-0.3, -0.25) is 4.79 Å². The molecule has 1 aliphatic rings. The van der Waals surface area contributed by atoms with Crippen molar-refractivity contribution in [1.82, 2.24) is 10.2 Å². The standard InChI is InChI=1S/C19H20FN3O2/c20-15-8-4-9-16(12-15)21-19(25)22-17(14-6-2-1-3-7-14)13-23-11-5-10-18(23)24/h1-4,6-9,12,17H,5,10-11,13H2,(H2,21,22,25)/t17-/m0/s1. The number of urea groups is 1. The molecule has 2 aromatic rings. The lowest BCUT2D eigenvalue weighted by Crippen LogP contribution is -2.40. The number of likely N-dealkylation sites (tertiary alicyclic amines) is 1. The number of nitrogens with one attached hydrogen (secondary N) is 2. The normalized spacial score (nSPS) is 15.1. The number of halogens is 1. The van der Waals surface area contributed by atoms with Crippen molar-refractivity contribution < 1.29 is 14.0 Å². The predicted octanol–water partition coefficient (Wildman–Crippen LogP) is 3.31. The molecule has 0 radical (unpaired) electrons. The smallest absolute Gasteiger partial charge is 0.319 e. The lowest BCUT2D eigenvalue weighted by molar-refractivity contribution is -0.128. The van der Waals surface area contributed by atoms with E-state index in [2.05, 4.69) is 10.6 Å². The van der Waals surface area contributed by atoms with Gasteiger partial charge in [0, 0.05) is 25.2 Å². The molecule has 1 heterocycles. The van der Waals surface area contributed by atoms with Gasteiger partial charge in [0.05, 0.1) is 6.04 Å². The van der Waals surface area contributed by atoms with E-state index < -0.39 is 11.8 Å². The summed E-state index contributed by atoms with van der Waals surface area (Å²) in [5.74, 6) is -0.312. The SMILES string of the molecule is O=C(Nc1cccc(F)c1)N[C@@H](CN1CCCC1=O)c1ccccc1. The molecule has 1 fully saturated rings. The monoisotopic (exact) mass is 341 g/mol. The molecule has 0 aromatic heterocycles. The largest absolute Gasteiger partial charge is 0.340 e. The summed E-state index contributed by atoms with van der Waals surface area (Å²) in [7, 11) is 0. The number of anilines is 1. The topological polar surface area (TPSA) is 61.4 Å². The van der Waals surface area contributed by atoms with Crippen molar-refractivity contribution in [1.29, 1.82) is 0 Å². The molecular weight excluding hydrogens is 321 g/mol. The number of benzene rings is 2. The summed E-state index contributed by atoms with van der Waals surface area (Å²) in [4.78, 5) is 26.0. The zero-order valence-corrected chi connectivity index (χ0v) is 13.7. The van der Waals surface area contributed by atoms with Gasteiger partial charge in [0.25, 0.3) is 0 Å². The van der Waals surface area contributed by atoms with Crippen molar-refractivity contribution in [2.24, 2.45) is 0 Å². The van der Waals surface area contributed by atoms with E-state index in [9.17, 15) is 14.0 Å². The second-order valence-corrected chi connectivity index (χ2v) is 6.02. The Morgan fingerprint density at radius 3 is 2.64 bits per heavy atom. The van der Waals surface area contributed by atoms with Crippen LogP contribution in [0, 0.1) is 5.82 Å². The number of rotatable bonds is 5. The number of amides is 3. The van der Waals surface area contributed by atoms with E-state index in [0.717, 1.165) is 12.0 Å². The average molecular weight is 341 g/mol. The second-order valence-electron chi connectivity index (χ2n) is 6.02. The Balaban J connectivity index is 1.70. The first-order chi connectivity index (χ1) is 12.1. The Hall–Kier alpha value is -2.89. The third-order valence-corrected chi connectivity index (χ3v) is 4.16. The number of carbonyl (C=O) groups is 2. The molecule has 2 aromatic carbocycles. The van der Waals surface area contributed by atoms with Crippen LogP contribution in [0.3, 0.4) is 0 Å². The number of hydrogen-bond acceptors (Lipinski definition) is 2. The molecule has 1 aliphatic heterocycles. The van der Waals surface area contributed by atoms with Gasteiger partial charge in [-0.2, -0.15) is 0 Å². The van der Waals surface area contributed by atoms with Crippen LogP contribution < -0.4 is 10.6 Å². The van der Waals surface area contributed by atoms with Crippen molar-refractivity contribution in [2.75, 3.05) is 18.4 Å². The van der Waals surface area contributed by atoms with E-state index in [1.54, 1.807) is 11.0 Å². The van der Waals surface area contributed by atoms with Gasteiger partial charge in [-0.25, -0.2) is 9.18 Å². The summed E-state index contributed by atoms with van der Waals surface area (Å²) in [6.45, 7) is 1.12. The van der Waals surface area contributed by atoms with Crippen molar-refractivity contribution in [3.8, 4) is 0 Å². The maximum atomic E-state index is 13.2. The zero-order chi connectivity index (χ0) is 17.6. The summed E-state index contributed by atoms with van der Waals surface area (Å²) in [5.41, 5.74) is 1.29. The van der Waals surface area contributed by atoms with Crippen LogP contribution in [0.1, 0.15) is 24.4 Å². The number of nitrogens with zero attached hydrogens (tertiary/aromatic N) is 1. The average Bonchev–Trinajstić information content (AvgIpc) is 3.00. The molecule has 5 nitrogen and oxygen atoms in total. The summed E-state index contributed by atoms with van der Waals surface area (Å²) < 4.78 is 13.2. The Morgan fingerprint density at radius 2 is 1.96 bits per heavy atom. The maximum Gasteiger partial charge on any atom is 0.319 e. The fraction of sp³-hybridized carbons (Fsp3) is 0.263. The van der Waals surface area contributed by atoms with E-state index in [-0.39, 0.29) is 11.9 Å². The summed E-state index contributed by atoms with van der Waals surface area (Å²) >= 11 is 0. The predicted molar refractivity (Wildman–Crippen MR) is 93.6 cm³/mol. The molecule has 25 heavy (non-hydrogen) atoms. The van der Waals surface area contributed by atoms with Crippen LogP contribution in [-0.2, 0) is 4.79 Å². The Morgan fingerprint density at radius 1 is 1.16 bits per heavy atom. The van der Waals surface area contributed by atoms with Gasteiger partial charge in [-0.15, -0.1) is 0 Å². The van der Waals surface area contributed by atoms with Gasteiger partial charge in [0.2, 0.25) is 5.91 Å². The summed E-state index contributed by atoms with van der Waals surface area (Å²) in [6.07, 6.45) is 1.40. The third kappa shape index (κ3) is 4.56. The molecule has 0 aliphatic carbocycles. The highest BCUT2D eigenvalue weighted by Crippen LogP contribution is 2.19. The first-order valence-electron chi connectivity index (χ1n) is 8.27. The van der Waals surface area contributed by atoms with Gasteiger partial charge < -0.3 is 15.5 Å². The highest BCUT2D eigenvalue weighted by molar-refractivity contribution is 5.89. The molecule has 2 N–H and O–H groups in total. The van der Waals surface area contributed by atoms with Crippen LogP contribution in [0.25, 0.3) is 0 Å². The molecule has 0 unspecified atom stereocenters. The fourth-order valence-corrected chi connectivity index (χ4v) is 2.93. The van der Waals surface area contributed by atoms with Gasteiger partial charge in [-0.05, 0) is 30.2 Å². The van der Waals surface area contributed by atoms with Crippen molar-refractivity contribution >= 4 is 17.6 Å². The van der Waals surface area contributed by atoms with Crippen LogP contribution >= 0.6 is 0 Å². The number of carbonyl (C=O) groups excluding carboxylic acids is 2. The highest BCUT2D eigenvalue weighted by atomic mass is 19.1. The Labute approximate surface area is 145 Å².